The van der Waals surface area contributed by atoms with E-state index in [9.17, 15) is 15.0 Å². The van der Waals surface area contributed by atoms with Gasteiger partial charge in [-0.3, -0.25) is 4.79 Å². The highest BCUT2D eigenvalue weighted by atomic mass is 16.3. The molecule has 0 bridgehead atoms. The molecule has 0 aromatic rings. The number of carbonyl (C=O) groups is 1. The van der Waals surface area contributed by atoms with Gasteiger partial charge in [0, 0.05) is 12.5 Å². The van der Waals surface area contributed by atoms with Crippen LogP contribution in [0, 0.1) is 46.3 Å². The lowest BCUT2D eigenvalue weighted by Crippen LogP contribution is -2.51. The molecule has 3 fully saturated rings. The zero-order valence-electron chi connectivity index (χ0n) is 19.3. The van der Waals surface area contributed by atoms with Crippen LogP contribution in [0.5, 0.6) is 0 Å². The van der Waals surface area contributed by atoms with Crippen LogP contribution in [-0.4, -0.2) is 28.7 Å². The maximum atomic E-state index is 13.2. The molecule has 0 aromatic heterocycles. The van der Waals surface area contributed by atoms with Gasteiger partial charge in [0.05, 0.1) is 6.10 Å². The van der Waals surface area contributed by atoms with Crippen LogP contribution in [0.1, 0.15) is 79.1 Å². The van der Waals surface area contributed by atoms with Crippen LogP contribution in [0.15, 0.2) is 22.8 Å². The average molecular weight is 413 g/mol. The van der Waals surface area contributed by atoms with Crippen LogP contribution in [0.2, 0.25) is 0 Å². The van der Waals surface area contributed by atoms with Gasteiger partial charge in [-0.1, -0.05) is 44.9 Å². The highest BCUT2D eigenvalue weighted by Gasteiger charge is 2.63. The molecule has 0 heterocycles. The lowest BCUT2D eigenvalue weighted by molar-refractivity contribution is -0.121. The second-order valence-corrected chi connectivity index (χ2v) is 12.0. The molecule has 30 heavy (non-hydrogen) atoms. The molecule has 0 aliphatic heterocycles. The molecule has 3 heteroatoms. The topological polar surface area (TPSA) is 57.5 Å². The van der Waals surface area contributed by atoms with E-state index in [2.05, 4.69) is 33.8 Å². The monoisotopic (exact) mass is 412 g/mol. The lowest BCUT2D eigenvalue weighted by Gasteiger charge is -2.58. The van der Waals surface area contributed by atoms with Gasteiger partial charge in [0.15, 0.2) is 5.78 Å². The van der Waals surface area contributed by atoms with Crippen molar-refractivity contribution in [1.29, 1.82) is 0 Å². The summed E-state index contributed by atoms with van der Waals surface area (Å²) in [5, 5.41) is 19.8. The Kier molecular flexibility index (Phi) is 4.91. The van der Waals surface area contributed by atoms with Gasteiger partial charge < -0.3 is 10.2 Å². The Morgan fingerprint density at radius 1 is 1.17 bits per heavy atom. The van der Waals surface area contributed by atoms with E-state index in [1.165, 1.54) is 24.0 Å². The third-order valence-electron chi connectivity index (χ3n) is 10.5. The summed E-state index contributed by atoms with van der Waals surface area (Å²) in [6.45, 7) is 9.38. The van der Waals surface area contributed by atoms with Crippen LogP contribution in [0.25, 0.3) is 0 Å². The maximum Gasteiger partial charge on any atom is 0.162 e. The second kappa shape index (κ2) is 7.04. The van der Waals surface area contributed by atoms with Crippen molar-refractivity contribution < 1.29 is 15.0 Å². The number of carbonyl (C=O) groups excluding carboxylic acids is 1. The summed E-state index contributed by atoms with van der Waals surface area (Å²) >= 11 is 0. The van der Waals surface area contributed by atoms with E-state index in [4.69, 9.17) is 0 Å². The number of rotatable bonds is 3. The molecule has 3 nitrogen and oxygen atoms in total. The predicted octanol–water partition coefficient (Wildman–Crippen LogP) is 5.07. The molecular weight excluding hydrogens is 372 g/mol. The number of aliphatic hydroxyl groups is 2. The van der Waals surface area contributed by atoms with Crippen LogP contribution in [0.3, 0.4) is 0 Å². The van der Waals surface area contributed by atoms with E-state index >= 15 is 0 Å². The zero-order valence-corrected chi connectivity index (χ0v) is 19.3. The fraction of sp³-hybridized carbons (Fsp3) is 0.815. The first kappa shape index (κ1) is 20.9. The second-order valence-electron chi connectivity index (χ2n) is 12.0. The zero-order chi connectivity index (χ0) is 21.4. The smallest absolute Gasteiger partial charge is 0.162 e. The molecule has 0 amide bonds. The minimum Gasteiger partial charge on any atom is -0.396 e. The molecule has 2 N–H and O–H groups in total. The molecule has 0 radical (unpaired) electrons. The van der Waals surface area contributed by atoms with E-state index in [1.54, 1.807) is 0 Å². The Hall–Kier alpha value is -0.930. The Labute approximate surface area is 182 Å². The number of fused-ring (bicyclic) bond motifs is 7. The highest BCUT2D eigenvalue weighted by molar-refractivity contribution is 6.01. The minimum absolute atomic E-state index is 0.113. The average Bonchev–Trinajstić information content (AvgIpc) is 3.15. The van der Waals surface area contributed by atoms with E-state index in [1.807, 2.05) is 0 Å². The van der Waals surface area contributed by atoms with Crippen LogP contribution in [0.4, 0.5) is 0 Å². The van der Waals surface area contributed by atoms with Gasteiger partial charge in [0.1, 0.15) is 0 Å². The summed E-state index contributed by atoms with van der Waals surface area (Å²) in [4.78, 5) is 13.2. The molecule has 5 rings (SSSR count). The highest BCUT2D eigenvalue weighted by Crippen LogP contribution is 2.70. The summed E-state index contributed by atoms with van der Waals surface area (Å²) in [5.41, 5.74) is 4.60. The summed E-state index contributed by atoms with van der Waals surface area (Å²) in [6.07, 6.45) is 10.8. The Morgan fingerprint density at radius 2 is 1.93 bits per heavy atom. The van der Waals surface area contributed by atoms with Crippen molar-refractivity contribution in [3.8, 4) is 0 Å². The van der Waals surface area contributed by atoms with Crippen molar-refractivity contribution in [3.05, 3.63) is 22.8 Å². The third-order valence-corrected chi connectivity index (χ3v) is 10.5. The largest absolute Gasteiger partial charge is 0.396 e. The van der Waals surface area contributed by atoms with Gasteiger partial charge in [-0.05, 0) is 97.4 Å². The third kappa shape index (κ3) is 2.73. The van der Waals surface area contributed by atoms with Crippen LogP contribution >= 0.6 is 0 Å². The SMILES string of the molecule is CC(CO)CC1=C2CC3C4CC=C5CC(O)CC[C@]5(C)C4CC[C@]3(C)C2C(C)C1=O. The van der Waals surface area contributed by atoms with Crippen molar-refractivity contribution in [1.82, 2.24) is 0 Å². The number of aliphatic hydroxyl groups excluding tert-OH is 2. The molecule has 9 atom stereocenters. The molecule has 7 unspecified atom stereocenters. The minimum atomic E-state index is -0.145. The fourth-order valence-electron chi connectivity index (χ4n) is 8.93. The molecule has 166 valence electrons. The van der Waals surface area contributed by atoms with Gasteiger partial charge in [-0.25, -0.2) is 0 Å². The van der Waals surface area contributed by atoms with E-state index in [0.29, 0.717) is 23.5 Å². The summed E-state index contributed by atoms with van der Waals surface area (Å²) in [7, 11) is 0. The van der Waals surface area contributed by atoms with E-state index in [-0.39, 0.29) is 35.4 Å². The van der Waals surface area contributed by atoms with Gasteiger partial charge in [0.2, 0.25) is 0 Å². The first-order valence-electron chi connectivity index (χ1n) is 12.4. The molecule has 0 spiro atoms. The van der Waals surface area contributed by atoms with Crippen molar-refractivity contribution >= 4 is 5.78 Å². The number of ketones is 1. The standard InChI is InChI=1S/C27H40O3/c1-15(14-28)11-21-20-13-23-19-6-5-17-12-18(29)7-9-26(17,3)22(19)8-10-27(23,4)24(20)16(2)25(21)30/h5,15-16,18-19,22-24,28-29H,6-14H2,1-4H3/t15?,16?,18?,19?,22?,23?,24?,26-,27-/m0/s1. The molecule has 3 saturated carbocycles. The lowest BCUT2D eigenvalue weighted by atomic mass is 9.47. The molecular formula is C27H40O3. The molecule has 0 saturated heterocycles. The summed E-state index contributed by atoms with van der Waals surface area (Å²) < 4.78 is 0. The van der Waals surface area contributed by atoms with E-state index < -0.39 is 0 Å². The Bertz CT molecular complexity index is 809. The predicted molar refractivity (Wildman–Crippen MR) is 119 cm³/mol. The Balaban J connectivity index is 1.51. The van der Waals surface area contributed by atoms with Gasteiger partial charge in [-0.2, -0.15) is 0 Å². The van der Waals surface area contributed by atoms with Crippen molar-refractivity contribution in [2.24, 2.45) is 46.3 Å². The van der Waals surface area contributed by atoms with E-state index in [0.717, 1.165) is 50.0 Å². The number of hydrogen-bond donors (Lipinski definition) is 2. The van der Waals surface area contributed by atoms with Gasteiger partial charge in [-0.15, -0.1) is 0 Å². The summed E-state index contributed by atoms with van der Waals surface area (Å²) in [6, 6.07) is 0. The molecule has 5 aliphatic rings. The van der Waals surface area contributed by atoms with Crippen LogP contribution < -0.4 is 0 Å². The number of hydrogen-bond acceptors (Lipinski definition) is 3. The molecule has 0 aromatic carbocycles. The quantitative estimate of drug-likeness (QED) is 0.636. The fourth-order valence-corrected chi connectivity index (χ4v) is 8.93. The summed E-state index contributed by atoms with van der Waals surface area (Å²) in [5.74, 6) is 3.19. The number of allylic oxidation sites excluding steroid dienone is 3. The maximum absolute atomic E-state index is 13.2. The van der Waals surface area contributed by atoms with Crippen molar-refractivity contribution in [2.45, 2.75) is 85.2 Å². The molecule has 5 aliphatic carbocycles. The van der Waals surface area contributed by atoms with Crippen LogP contribution in [-0.2, 0) is 4.79 Å². The normalized spacial score (nSPS) is 48.6. The van der Waals surface area contributed by atoms with Gasteiger partial charge >= 0.3 is 0 Å². The first-order valence-corrected chi connectivity index (χ1v) is 12.4. The number of Topliss-reactive ketones (excluding diaryl/α,β-unsaturated/α-hetero) is 1. The van der Waals surface area contributed by atoms with Crippen molar-refractivity contribution in [2.75, 3.05) is 6.61 Å². The van der Waals surface area contributed by atoms with Gasteiger partial charge in [0.25, 0.3) is 0 Å². The Morgan fingerprint density at radius 3 is 2.67 bits per heavy atom. The van der Waals surface area contributed by atoms with Crippen molar-refractivity contribution in [3.63, 3.8) is 0 Å². The first-order chi connectivity index (χ1) is 14.2.